The molecule has 0 rings (SSSR count). The Morgan fingerprint density at radius 2 is 1.07 bits per heavy atom. The number of ether oxygens (including phenoxy) is 6. The van der Waals surface area contributed by atoms with Crippen LogP contribution < -0.4 is 0 Å². The molecule has 0 spiro atoms. The van der Waals surface area contributed by atoms with E-state index in [1.807, 2.05) is 0 Å². The molecule has 0 aromatic heterocycles. The van der Waals surface area contributed by atoms with Crippen molar-refractivity contribution in [3.63, 3.8) is 0 Å². The van der Waals surface area contributed by atoms with Crippen LogP contribution in [0.1, 0.15) is 12.8 Å². The molecule has 10 heteroatoms. The maximum Gasteiger partial charge on any atom is 0.330 e. The van der Waals surface area contributed by atoms with E-state index in [2.05, 4.69) is 6.58 Å². The average Bonchev–Trinajstić information content (AvgIpc) is 2.65. The van der Waals surface area contributed by atoms with Crippen molar-refractivity contribution in [3.8, 4) is 0 Å². The van der Waals surface area contributed by atoms with E-state index < -0.39 is 17.9 Å². The minimum Gasteiger partial charge on any atom is -0.481 e. The summed E-state index contributed by atoms with van der Waals surface area (Å²) < 4.78 is 30.5. The Kier molecular flexibility index (Phi) is 17.4. The number of hydrogen-bond acceptors (Lipinski definition) is 9. The van der Waals surface area contributed by atoms with E-state index >= 15 is 0 Å². The normalized spacial score (nSPS) is 10.4. The molecule has 10 nitrogen and oxygen atoms in total. The first-order valence-electron chi connectivity index (χ1n) is 8.54. The molecule has 0 unspecified atom stereocenters. The summed E-state index contributed by atoms with van der Waals surface area (Å²) in [6.07, 6.45) is 0.702. The molecule has 156 valence electrons. The summed E-state index contributed by atoms with van der Waals surface area (Å²) in [5.74, 6) is -2.08. The number of carbonyl (C=O) groups excluding carboxylic acids is 2. The molecular weight excluding hydrogens is 364 g/mol. The lowest BCUT2D eigenvalue weighted by atomic mass is 10.3. The molecule has 0 aromatic rings. The molecule has 0 bridgehead atoms. The van der Waals surface area contributed by atoms with Crippen molar-refractivity contribution in [2.45, 2.75) is 12.8 Å². The smallest absolute Gasteiger partial charge is 0.330 e. The summed E-state index contributed by atoms with van der Waals surface area (Å²) in [6, 6.07) is 0. The van der Waals surface area contributed by atoms with E-state index in [4.69, 9.17) is 33.5 Å². The number of carboxylic acids is 1. The van der Waals surface area contributed by atoms with Gasteiger partial charge in [-0.05, 0) is 0 Å². The van der Waals surface area contributed by atoms with Crippen LogP contribution in [0.15, 0.2) is 12.7 Å². The fraction of sp³-hybridized carbons (Fsp3) is 0.706. The maximum atomic E-state index is 11.1. The summed E-state index contributed by atoms with van der Waals surface area (Å²) in [5.41, 5.74) is 0. The minimum absolute atomic E-state index is 0.0777. The molecule has 1 N–H and O–H groups in total. The third kappa shape index (κ3) is 20.2. The Hall–Kier alpha value is -2.01. The lowest BCUT2D eigenvalue weighted by Gasteiger charge is -2.08. The first-order chi connectivity index (χ1) is 13.1. The molecule has 0 atom stereocenters. The molecule has 0 saturated carbocycles. The third-order valence-corrected chi connectivity index (χ3v) is 2.79. The third-order valence-electron chi connectivity index (χ3n) is 2.79. The number of esters is 2. The number of aliphatic carboxylic acids is 1. The quantitative estimate of drug-likeness (QED) is 0.185. The van der Waals surface area contributed by atoms with Gasteiger partial charge in [0.15, 0.2) is 0 Å². The molecule has 0 aliphatic rings. The van der Waals surface area contributed by atoms with Crippen LogP contribution in [0.2, 0.25) is 0 Å². The fourth-order valence-corrected chi connectivity index (χ4v) is 1.52. The molecule has 0 saturated heterocycles. The lowest BCUT2D eigenvalue weighted by Crippen LogP contribution is -2.15. The van der Waals surface area contributed by atoms with E-state index in [0.29, 0.717) is 46.2 Å². The first-order valence-corrected chi connectivity index (χ1v) is 8.54. The highest BCUT2D eigenvalue weighted by atomic mass is 16.6. The van der Waals surface area contributed by atoms with Gasteiger partial charge in [0.25, 0.3) is 0 Å². The largest absolute Gasteiger partial charge is 0.481 e. The van der Waals surface area contributed by atoms with Gasteiger partial charge in [-0.3, -0.25) is 9.59 Å². The van der Waals surface area contributed by atoms with Gasteiger partial charge in [-0.25, -0.2) is 4.79 Å². The number of rotatable bonds is 19. The van der Waals surface area contributed by atoms with Gasteiger partial charge < -0.3 is 33.5 Å². The molecule has 0 heterocycles. The Morgan fingerprint density at radius 3 is 1.48 bits per heavy atom. The summed E-state index contributed by atoms with van der Waals surface area (Å²) in [5, 5.41) is 8.41. The second-order valence-corrected chi connectivity index (χ2v) is 4.94. The minimum atomic E-state index is -1.04. The topological polar surface area (TPSA) is 127 Å². The Morgan fingerprint density at radius 1 is 0.667 bits per heavy atom. The summed E-state index contributed by atoms with van der Waals surface area (Å²) >= 11 is 0. The van der Waals surface area contributed by atoms with Crippen LogP contribution in [0, 0.1) is 0 Å². The molecule has 0 aliphatic heterocycles. The van der Waals surface area contributed by atoms with Crippen LogP contribution in [0.4, 0.5) is 0 Å². The Bertz CT molecular complexity index is 424. The SMILES string of the molecule is C=CC(=O)OCCOCCOCCOCCOCCOC(=O)CCC(=O)O. The molecule has 0 aliphatic carbocycles. The molecule has 0 fully saturated rings. The van der Waals surface area contributed by atoms with Gasteiger partial charge in [0.1, 0.15) is 13.2 Å². The zero-order chi connectivity index (χ0) is 20.2. The van der Waals surface area contributed by atoms with Crippen LogP contribution in [-0.4, -0.2) is 89.1 Å². The summed E-state index contributed by atoms with van der Waals surface area (Å²) in [7, 11) is 0. The lowest BCUT2D eigenvalue weighted by molar-refractivity contribution is -0.149. The highest BCUT2D eigenvalue weighted by Crippen LogP contribution is 1.93. The molecule has 0 aromatic carbocycles. The molecule has 0 amide bonds. The van der Waals surface area contributed by atoms with E-state index in [1.54, 1.807) is 0 Å². The van der Waals surface area contributed by atoms with Crippen LogP contribution in [0.3, 0.4) is 0 Å². The average molecular weight is 392 g/mol. The zero-order valence-corrected chi connectivity index (χ0v) is 15.4. The van der Waals surface area contributed by atoms with E-state index in [1.165, 1.54) is 0 Å². The highest BCUT2D eigenvalue weighted by Gasteiger charge is 2.05. The Labute approximate surface area is 158 Å². The van der Waals surface area contributed by atoms with Crippen molar-refractivity contribution in [2.24, 2.45) is 0 Å². The second kappa shape index (κ2) is 18.8. The van der Waals surface area contributed by atoms with Crippen LogP contribution in [0.5, 0.6) is 0 Å². The standard InChI is InChI=1S/C17H28O10/c1-2-16(20)26-13-11-24-9-7-22-5-6-23-8-10-25-12-14-27-17(21)4-3-15(18)19/h2H,1,3-14H2,(H,18,19). The molecule has 27 heavy (non-hydrogen) atoms. The fourth-order valence-electron chi connectivity index (χ4n) is 1.52. The summed E-state index contributed by atoms with van der Waals surface area (Å²) in [4.78, 5) is 32.1. The van der Waals surface area contributed by atoms with E-state index in [9.17, 15) is 14.4 Å². The van der Waals surface area contributed by atoms with Crippen molar-refractivity contribution < 1.29 is 47.9 Å². The van der Waals surface area contributed by atoms with Crippen molar-refractivity contribution in [1.29, 1.82) is 0 Å². The van der Waals surface area contributed by atoms with Gasteiger partial charge in [0, 0.05) is 6.08 Å². The van der Waals surface area contributed by atoms with Gasteiger partial charge in [-0.15, -0.1) is 0 Å². The number of hydrogen-bond donors (Lipinski definition) is 1. The van der Waals surface area contributed by atoms with Gasteiger partial charge >= 0.3 is 17.9 Å². The first kappa shape index (κ1) is 25.0. The van der Waals surface area contributed by atoms with Gasteiger partial charge in [-0.1, -0.05) is 6.58 Å². The summed E-state index contributed by atoms with van der Waals surface area (Å²) in [6.45, 7) is 6.39. The van der Waals surface area contributed by atoms with Gasteiger partial charge in [0.2, 0.25) is 0 Å². The molecular formula is C17H28O10. The van der Waals surface area contributed by atoms with Crippen LogP contribution in [-0.2, 0) is 42.8 Å². The van der Waals surface area contributed by atoms with Gasteiger partial charge in [0.05, 0.1) is 65.7 Å². The highest BCUT2D eigenvalue weighted by molar-refractivity contribution is 5.81. The predicted octanol–water partition coefficient (Wildman–Crippen LogP) is 0.190. The second-order valence-electron chi connectivity index (χ2n) is 4.94. The number of carbonyl (C=O) groups is 3. The number of carboxylic acid groups (broad SMARTS) is 1. The van der Waals surface area contributed by atoms with E-state index in [0.717, 1.165) is 6.08 Å². The van der Waals surface area contributed by atoms with Crippen molar-refractivity contribution in [1.82, 2.24) is 0 Å². The predicted molar refractivity (Wildman–Crippen MR) is 92.3 cm³/mol. The Balaban J connectivity index is 3.14. The zero-order valence-electron chi connectivity index (χ0n) is 15.4. The van der Waals surface area contributed by atoms with Crippen molar-refractivity contribution in [2.75, 3.05) is 66.1 Å². The molecule has 0 radical (unpaired) electrons. The van der Waals surface area contributed by atoms with Gasteiger partial charge in [-0.2, -0.15) is 0 Å². The van der Waals surface area contributed by atoms with Crippen LogP contribution in [0.25, 0.3) is 0 Å². The van der Waals surface area contributed by atoms with E-state index in [-0.39, 0.29) is 32.7 Å². The monoisotopic (exact) mass is 392 g/mol. The maximum absolute atomic E-state index is 11.1. The van der Waals surface area contributed by atoms with Crippen molar-refractivity contribution >= 4 is 17.9 Å². The van der Waals surface area contributed by atoms with Crippen LogP contribution >= 0.6 is 0 Å². The van der Waals surface area contributed by atoms with Crippen molar-refractivity contribution in [3.05, 3.63) is 12.7 Å².